The van der Waals surface area contributed by atoms with Crippen molar-refractivity contribution in [1.29, 1.82) is 0 Å². The minimum absolute atomic E-state index is 0.308. The van der Waals surface area contributed by atoms with Gasteiger partial charge in [0, 0.05) is 24.5 Å². The molecule has 0 amide bonds. The predicted molar refractivity (Wildman–Crippen MR) is 60.7 cm³/mol. The van der Waals surface area contributed by atoms with Crippen LogP contribution in [0.2, 0.25) is 0 Å². The zero-order valence-electron chi connectivity index (χ0n) is 9.39. The third kappa shape index (κ3) is 2.35. The van der Waals surface area contributed by atoms with Crippen LogP contribution in [0, 0.1) is 0 Å². The fourth-order valence-electron chi connectivity index (χ4n) is 2.07. The summed E-state index contributed by atoms with van der Waals surface area (Å²) in [6.45, 7) is 1.64. The first kappa shape index (κ1) is 10.1. The maximum Gasteiger partial charge on any atom is 0.138 e. The molecule has 16 heavy (non-hydrogen) atoms. The lowest BCUT2D eigenvalue weighted by atomic mass is 10.1. The van der Waals surface area contributed by atoms with E-state index >= 15 is 0 Å². The summed E-state index contributed by atoms with van der Waals surface area (Å²) < 4.78 is 11.2. The number of rotatable bonds is 3. The number of pyridine rings is 1. The molecule has 0 radical (unpaired) electrons. The zero-order chi connectivity index (χ0) is 10.8. The average molecular weight is 219 g/mol. The highest BCUT2D eigenvalue weighted by Crippen LogP contribution is 2.39. The van der Waals surface area contributed by atoms with Gasteiger partial charge in [0.1, 0.15) is 11.9 Å². The van der Waals surface area contributed by atoms with Crippen LogP contribution in [0.5, 0.6) is 5.75 Å². The quantitative estimate of drug-likeness (QED) is 0.782. The lowest BCUT2D eigenvalue weighted by Gasteiger charge is -2.23. The second kappa shape index (κ2) is 4.42. The van der Waals surface area contributed by atoms with Gasteiger partial charge in [-0.05, 0) is 25.0 Å². The molecule has 0 aromatic carbocycles. The number of hydrogen-bond acceptors (Lipinski definition) is 3. The second-order valence-corrected chi connectivity index (χ2v) is 4.62. The minimum atomic E-state index is 0.308. The van der Waals surface area contributed by atoms with Crippen molar-refractivity contribution in [3.63, 3.8) is 0 Å². The Hall–Kier alpha value is -1.09. The van der Waals surface area contributed by atoms with Crippen LogP contribution < -0.4 is 4.74 Å². The summed E-state index contributed by atoms with van der Waals surface area (Å²) in [4.78, 5) is 4.45. The van der Waals surface area contributed by atoms with Crippen molar-refractivity contribution in [2.75, 3.05) is 13.2 Å². The van der Waals surface area contributed by atoms with Gasteiger partial charge in [-0.15, -0.1) is 0 Å². The zero-order valence-corrected chi connectivity index (χ0v) is 9.39. The summed E-state index contributed by atoms with van der Waals surface area (Å²) in [7, 11) is 0. The van der Waals surface area contributed by atoms with Crippen molar-refractivity contribution in [2.24, 2.45) is 0 Å². The summed E-state index contributed by atoms with van der Waals surface area (Å²) in [5.41, 5.74) is 1.22. The highest BCUT2D eigenvalue weighted by molar-refractivity contribution is 5.24. The molecule has 1 aliphatic heterocycles. The van der Waals surface area contributed by atoms with Gasteiger partial charge in [0.2, 0.25) is 0 Å². The summed E-state index contributed by atoms with van der Waals surface area (Å²) in [6, 6.07) is 4.16. The van der Waals surface area contributed by atoms with E-state index in [0.29, 0.717) is 6.10 Å². The molecule has 86 valence electrons. The fraction of sp³-hybridized carbons (Fsp3) is 0.615. The second-order valence-electron chi connectivity index (χ2n) is 4.62. The Bertz CT molecular complexity index is 339. The summed E-state index contributed by atoms with van der Waals surface area (Å²) in [6.07, 6.45) is 6.75. The van der Waals surface area contributed by atoms with Crippen molar-refractivity contribution in [2.45, 2.75) is 37.7 Å². The Kier molecular flexibility index (Phi) is 2.79. The molecule has 1 saturated heterocycles. The van der Waals surface area contributed by atoms with E-state index in [1.165, 1.54) is 18.5 Å². The van der Waals surface area contributed by atoms with E-state index in [-0.39, 0.29) is 0 Å². The van der Waals surface area contributed by atoms with Crippen LogP contribution in [-0.2, 0) is 4.74 Å². The maximum atomic E-state index is 5.87. The molecule has 0 atom stereocenters. The largest absolute Gasteiger partial charge is 0.489 e. The highest BCUT2D eigenvalue weighted by atomic mass is 16.5. The molecule has 2 aliphatic rings. The van der Waals surface area contributed by atoms with Crippen LogP contribution in [0.15, 0.2) is 18.3 Å². The Morgan fingerprint density at radius 1 is 1.12 bits per heavy atom. The molecule has 3 heteroatoms. The SMILES string of the molecule is c1cc(C2CC2)ncc1OC1CCOCC1. The smallest absolute Gasteiger partial charge is 0.138 e. The lowest BCUT2D eigenvalue weighted by Crippen LogP contribution is -2.25. The molecule has 0 N–H and O–H groups in total. The van der Waals surface area contributed by atoms with Crippen LogP contribution in [0.4, 0.5) is 0 Å². The van der Waals surface area contributed by atoms with Gasteiger partial charge in [-0.1, -0.05) is 0 Å². The highest BCUT2D eigenvalue weighted by Gasteiger charge is 2.24. The number of ether oxygens (including phenoxy) is 2. The van der Waals surface area contributed by atoms with Gasteiger partial charge in [-0.2, -0.15) is 0 Å². The molecule has 1 aromatic rings. The van der Waals surface area contributed by atoms with E-state index in [0.717, 1.165) is 37.7 Å². The van der Waals surface area contributed by atoms with Crippen molar-refractivity contribution < 1.29 is 9.47 Å². The lowest BCUT2D eigenvalue weighted by molar-refractivity contribution is 0.0254. The average Bonchev–Trinajstić information content (AvgIpc) is 3.15. The van der Waals surface area contributed by atoms with Crippen LogP contribution in [0.25, 0.3) is 0 Å². The van der Waals surface area contributed by atoms with Gasteiger partial charge in [-0.25, -0.2) is 0 Å². The molecule has 2 heterocycles. The normalized spacial score (nSPS) is 22.0. The molecule has 3 nitrogen and oxygen atoms in total. The van der Waals surface area contributed by atoms with Crippen molar-refractivity contribution >= 4 is 0 Å². The van der Waals surface area contributed by atoms with Crippen LogP contribution >= 0.6 is 0 Å². The third-order valence-electron chi connectivity index (χ3n) is 3.23. The van der Waals surface area contributed by atoms with Gasteiger partial charge in [-0.3, -0.25) is 4.98 Å². The standard InChI is InChI=1S/C13H17NO2/c1-2-10(1)13-4-3-12(9-14-13)16-11-5-7-15-8-6-11/h3-4,9-11H,1-2,5-8H2. The van der Waals surface area contributed by atoms with Gasteiger partial charge in [0.25, 0.3) is 0 Å². The predicted octanol–water partition coefficient (Wildman–Crippen LogP) is 2.52. The van der Waals surface area contributed by atoms with Gasteiger partial charge in [0.15, 0.2) is 0 Å². The Morgan fingerprint density at radius 2 is 1.94 bits per heavy atom. The number of nitrogens with zero attached hydrogens (tertiary/aromatic N) is 1. The molecule has 0 bridgehead atoms. The summed E-state index contributed by atoms with van der Waals surface area (Å²) in [5.74, 6) is 1.62. The molecule has 1 aromatic heterocycles. The summed E-state index contributed by atoms with van der Waals surface area (Å²) in [5, 5.41) is 0. The Labute approximate surface area is 95.8 Å². The Balaban J connectivity index is 1.60. The summed E-state index contributed by atoms with van der Waals surface area (Å²) >= 11 is 0. The van der Waals surface area contributed by atoms with Crippen LogP contribution in [0.3, 0.4) is 0 Å². The van der Waals surface area contributed by atoms with Crippen molar-refractivity contribution in [1.82, 2.24) is 4.98 Å². The first-order chi connectivity index (χ1) is 7.92. The van der Waals surface area contributed by atoms with E-state index in [2.05, 4.69) is 17.1 Å². The first-order valence-electron chi connectivity index (χ1n) is 6.12. The molecule has 0 unspecified atom stereocenters. The molecule has 1 saturated carbocycles. The molecular formula is C13H17NO2. The van der Waals surface area contributed by atoms with Gasteiger partial charge < -0.3 is 9.47 Å². The Morgan fingerprint density at radius 3 is 2.56 bits per heavy atom. The molecule has 2 fully saturated rings. The van der Waals surface area contributed by atoms with Gasteiger partial charge >= 0.3 is 0 Å². The van der Waals surface area contributed by atoms with E-state index in [1.807, 2.05) is 6.20 Å². The van der Waals surface area contributed by atoms with Crippen LogP contribution in [0.1, 0.15) is 37.3 Å². The van der Waals surface area contributed by atoms with Crippen molar-refractivity contribution in [3.8, 4) is 5.75 Å². The fourth-order valence-corrected chi connectivity index (χ4v) is 2.07. The van der Waals surface area contributed by atoms with Gasteiger partial charge in [0.05, 0.1) is 19.4 Å². The van der Waals surface area contributed by atoms with Crippen LogP contribution in [-0.4, -0.2) is 24.3 Å². The van der Waals surface area contributed by atoms with E-state index in [9.17, 15) is 0 Å². The van der Waals surface area contributed by atoms with Crippen molar-refractivity contribution in [3.05, 3.63) is 24.0 Å². The molecular weight excluding hydrogens is 202 g/mol. The van der Waals surface area contributed by atoms with E-state index < -0.39 is 0 Å². The number of aromatic nitrogens is 1. The first-order valence-corrected chi connectivity index (χ1v) is 6.12. The van der Waals surface area contributed by atoms with E-state index in [4.69, 9.17) is 9.47 Å². The monoisotopic (exact) mass is 219 g/mol. The maximum absolute atomic E-state index is 5.87. The molecule has 3 rings (SSSR count). The molecule has 1 aliphatic carbocycles. The third-order valence-corrected chi connectivity index (χ3v) is 3.23. The number of hydrogen-bond donors (Lipinski definition) is 0. The van der Waals surface area contributed by atoms with E-state index in [1.54, 1.807) is 0 Å². The molecule has 0 spiro atoms. The topological polar surface area (TPSA) is 31.4 Å². The minimum Gasteiger partial charge on any atom is -0.489 e.